The maximum atomic E-state index is 9.76. The molecule has 4 heteroatoms. The van der Waals surface area contributed by atoms with Crippen LogP contribution >= 0.6 is 0 Å². The molecule has 0 bridgehead atoms. The first kappa shape index (κ1) is 8.55. The second-order valence-corrected chi connectivity index (χ2v) is 1.54. The first-order valence-electron chi connectivity index (χ1n) is 2.73. The SMILES string of the molecule is NC(CC=O)OCCO. The number of aliphatic hydroxyl groups is 1. The van der Waals surface area contributed by atoms with Crippen LogP contribution in [0.3, 0.4) is 0 Å². The van der Waals surface area contributed by atoms with Crippen molar-refractivity contribution in [1.82, 2.24) is 0 Å². The van der Waals surface area contributed by atoms with Gasteiger partial charge in [-0.2, -0.15) is 0 Å². The van der Waals surface area contributed by atoms with Crippen LogP contribution in [-0.2, 0) is 9.53 Å². The molecule has 0 aromatic carbocycles. The highest BCUT2D eigenvalue weighted by atomic mass is 16.5. The van der Waals surface area contributed by atoms with Gasteiger partial charge in [0.2, 0.25) is 0 Å². The molecule has 1 atom stereocenters. The second kappa shape index (κ2) is 5.68. The van der Waals surface area contributed by atoms with Gasteiger partial charge < -0.3 is 20.4 Å². The van der Waals surface area contributed by atoms with Gasteiger partial charge in [0.15, 0.2) is 0 Å². The molecule has 0 aromatic heterocycles. The number of nitrogens with two attached hydrogens (primary N) is 1. The minimum Gasteiger partial charge on any atom is -0.394 e. The lowest BCUT2D eigenvalue weighted by Crippen LogP contribution is -2.25. The molecule has 1 unspecified atom stereocenters. The summed E-state index contributed by atoms with van der Waals surface area (Å²) in [6.07, 6.45) is 0.303. The predicted octanol–water partition coefficient (Wildman–Crippen LogP) is -1.13. The second-order valence-electron chi connectivity index (χ2n) is 1.54. The smallest absolute Gasteiger partial charge is 0.123 e. The molecule has 0 saturated heterocycles. The molecule has 4 nitrogen and oxygen atoms in total. The van der Waals surface area contributed by atoms with Crippen molar-refractivity contribution in [2.75, 3.05) is 13.2 Å². The van der Waals surface area contributed by atoms with Crippen LogP contribution in [0, 0.1) is 0 Å². The summed E-state index contributed by atoms with van der Waals surface area (Å²) in [5.41, 5.74) is 5.21. The Balaban J connectivity index is 3.04. The average Bonchev–Trinajstić information content (AvgIpc) is 1.85. The lowest BCUT2D eigenvalue weighted by molar-refractivity contribution is -0.110. The lowest BCUT2D eigenvalue weighted by atomic mass is 10.4. The van der Waals surface area contributed by atoms with Gasteiger partial charge >= 0.3 is 0 Å². The van der Waals surface area contributed by atoms with Gasteiger partial charge in [-0.25, -0.2) is 0 Å². The zero-order chi connectivity index (χ0) is 7.11. The summed E-state index contributed by atoms with van der Waals surface area (Å²) < 4.78 is 4.73. The number of hydrogen-bond donors (Lipinski definition) is 2. The van der Waals surface area contributed by atoms with E-state index in [4.69, 9.17) is 15.6 Å². The van der Waals surface area contributed by atoms with Crippen molar-refractivity contribution in [2.24, 2.45) is 5.73 Å². The maximum Gasteiger partial charge on any atom is 0.123 e. The van der Waals surface area contributed by atoms with Crippen molar-refractivity contribution in [3.63, 3.8) is 0 Å². The molecule has 0 saturated carbocycles. The molecule has 0 radical (unpaired) electrons. The summed E-state index contributed by atoms with van der Waals surface area (Å²) in [6, 6.07) is 0. The highest BCUT2D eigenvalue weighted by Crippen LogP contribution is 1.84. The van der Waals surface area contributed by atoms with Crippen LogP contribution in [0.1, 0.15) is 6.42 Å². The number of ether oxygens (including phenoxy) is 1. The fourth-order valence-electron chi connectivity index (χ4n) is 0.367. The molecule has 54 valence electrons. The van der Waals surface area contributed by atoms with Crippen LogP contribution in [0.2, 0.25) is 0 Å². The number of carbonyl (C=O) groups is 1. The van der Waals surface area contributed by atoms with Gasteiger partial charge in [-0.15, -0.1) is 0 Å². The van der Waals surface area contributed by atoms with E-state index in [1.165, 1.54) is 0 Å². The molecule has 0 spiro atoms. The Morgan fingerprint density at radius 3 is 2.89 bits per heavy atom. The van der Waals surface area contributed by atoms with Gasteiger partial charge in [0.1, 0.15) is 12.5 Å². The summed E-state index contributed by atoms with van der Waals surface area (Å²) in [6.45, 7) is 0.127. The van der Waals surface area contributed by atoms with Crippen LogP contribution < -0.4 is 5.73 Å². The third kappa shape index (κ3) is 5.42. The van der Waals surface area contributed by atoms with Crippen molar-refractivity contribution in [1.29, 1.82) is 0 Å². The number of rotatable bonds is 5. The van der Waals surface area contributed by atoms with Gasteiger partial charge in [-0.1, -0.05) is 0 Å². The summed E-state index contributed by atoms with van der Waals surface area (Å²) in [5.74, 6) is 0. The molecule has 0 aromatic rings. The van der Waals surface area contributed by atoms with E-state index in [0.29, 0.717) is 6.29 Å². The normalized spacial score (nSPS) is 13.1. The number of hydrogen-bond acceptors (Lipinski definition) is 4. The Morgan fingerprint density at radius 1 is 1.78 bits per heavy atom. The van der Waals surface area contributed by atoms with Crippen LogP contribution in [0.5, 0.6) is 0 Å². The van der Waals surface area contributed by atoms with Crippen LogP contribution in [0.15, 0.2) is 0 Å². The molecule has 0 aliphatic rings. The molecule has 9 heavy (non-hydrogen) atoms. The Morgan fingerprint density at radius 2 is 2.44 bits per heavy atom. The molecule has 0 heterocycles. The Hall–Kier alpha value is -0.450. The molecular formula is C5H11NO3. The third-order valence-corrected chi connectivity index (χ3v) is 0.752. The summed E-state index contributed by atoms with van der Waals surface area (Å²) >= 11 is 0. The van der Waals surface area contributed by atoms with E-state index in [-0.39, 0.29) is 19.6 Å². The van der Waals surface area contributed by atoms with Crippen molar-refractivity contribution >= 4 is 6.29 Å². The maximum absolute atomic E-state index is 9.76. The monoisotopic (exact) mass is 133 g/mol. The van der Waals surface area contributed by atoms with E-state index in [9.17, 15) is 4.79 Å². The standard InChI is InChI=1S/C5H11NO3/c6-5(1-2-7)9-4-3-8/h2,5,8H,1,3-4,6H2. The van der Waals surface area contributed by atoms with Crippen molar-refractivity contribution in [2.45, 2.75) is 12.6 Å². The van der Waals surface area contributed by atoms with Gasteiger partial charge in [-0.05, 0) is 0 Å². The topological polar surface area (TPSA) is 72.6 Å². The van der Waals surface area contributed by atoms with Gasteiger partial charge in [0.25, 0.3) is 0 Å². The molecule has 0 rings (SSSR count). The molecule has 0 aliphatic carbocycles. The summed E-state index contributed by atoms with van der Waals surface area (Å²) in [7, 11) is 0. The first-order valence-corrected chi connectivity index (χ1v) is 2.73. The third-order valence-electron chi connectivity index (χ3n) is 0.752. The van der Waals surface area contributed by atoms with E-state index < -0.39 is 6.23 Å². The Bertz CT molecular complexity index is 76.6. The van der Waals surface area contributed by atoms with Crippen molar-refractivity contribution in [3.05, 3.63) is 0 Å². The van der Waals surface area contributed by atoms with Crippen molar-refractivity contribution in [3.8, 4) is 0 Å². The van der Waals surface area contributed by atoms with E-state index >= 15 is 0 Å². The van der Waals surface area contributed by atoms with E-state index in [1.54, 1.807) is 0 Å². The van der Waals surface area contributed by atoms with Gasteiger partial charge in [0, 0.05) is 6.42 Å². The first-order chi connectivity index (χ1) is 4.31. The molecule has 0 fully saturated rings. The molecule has 0 aliphatic heterocycles. The van der Waals surface area contributed by atoms with Crippen LogP contribution in [0.25, 0.3) is 0 Å². The minimum absolute atomic E-state index is 0.0629. The highest BCUT2D eigenvalue weighted by Gasteiger charge is 1.98. The van der Waals surface area contributed by atoms with E-state index in [2.05, 4.69) is 0 Å². The van der Waals surface area contributed by atoms with Crippen LogP contribution in [0.4, 0.5) is 0 Å². The van der Waals surface area contributed by atoms with Gasteiger partial charge in [-0.3, -0.25) is 0 Å². The fourth-order valence-corrected chi connectivity index (χ4v) is 0.367. The van der Waals surface area contributed by atoms with Crippen molar-refractivity contribution < 1.29 is 14.6 Å². The van der Waals surface area contributed by atoms with Gasteiger partial charge in [0.05, 0.1) is 13.2 Å². The predicted molar refractivity (Wildman–Crippen MR) is 31.7 cm³/mol. The molecular weight excluding hydrogens is 122 g/mol. The number of carbonyl (C=O) groups excluding carboxylic acids is 1. The molecule has 3 N–H and O–H groups in total. The van der Waals surface area contributed by atoms with E-state index in [0.717, 1.165) is 0 Å². The lowest BCUT2D eigenvalue weighted by Gasteiger charge is -2.06. The average molecular weight is 133 g/mol. The Kier molecular flexibility index (Phi) is 5.40. The number of aliphatic hydroxyl groups excluding tert-OH is 1. The largest absolute Gasteiger partial charge is 0.394 e. The summed E-state index contributed by atoms with van der Waals surface area (Å²) in [4.78, 5) is 9.76. The minimum atomic E-state index is -0.561. The summed E-state index contributed by atoms with van der Waals surface area (Å²) in [5, 5.41) is 8.21. The Labute approximate surface area is 53.6 Å². The number of aldehydes is 1. The zero-order valence-corrected chi connectivity index (χ0v) is 5.12. The molecule has 0 amide bonds. The van der Waals surface area contributed by atoms with E-state index in [1.807, 2.05) is 0 Å². The fraction of sp³-hybridized carbons (Fsp3) is 0.800. The highest BCUT2D eigenvalue weighted by molar-refractivity contribution is 5.49. The zero-order valence-electron chi connectivity index (χ0n) is 5.12. The van der Waals surface area contributed by atoms with Crippen LogP contribution in [-0.4, -0.2) is 30.8 Å². The quantitative estimate of drug-likeness (QED) is 0.367.